The van der Waals surface area contributed by atoms with Crippen LogP contribution in [0.5, 0.6) is 0 Å². The fraction of sp³-hybridized carbons (Fsp3) is 0. The average Bonchev–Trinajstić information content (AvgIpc) is 3.46. The van der Waals surface area contributed by atoms with Crippen LogP contribution in [-0.2, 0) is 0 Å². The summed E-state index contributed by atoms with van der Waals surface area (Å²) in [5, 5.41) is 3.38. The largest absolute Gasteiger partial charge is 0.464 e. The molecule has 0 aliphatic carbocycles. The first-order chi connectivity index (χ1) is 13.4. The lowest BCUT2D eigenvalue weighted by molar-refractivity contribution is 0.616. The molecule has 0 radical (unpaired) electrons. The van der Waals surface area contributed by atoms with Gasteiger partial charge in [0, 0.05) is 39.0 Å². The number of nitrogens with one attached hydrogen (secondary N) is 1. The van der Waals surface area contributed by atoms with Crippen LogP contribution in [0.2, 0.25) is 0 Å². The van der Waals surface area contributed by atoms with Gasteiger partial charge < -0.3 is 13.8 Å². The van der Waals surface area contributed by atoms with Gasteiger partial charge in [0.15, 0.2) is 0 Å². The van der Waals surface area contributed by atoms with E-state index >= 15 is 0 Å². The van der Waals surface area contributed by atoms with Gasteiger partial charge in [-0.1, -0.05) is 36.4 Å². The van der Waals surface area contributed by atoms with Crippen molar-refractivity contribution in [3.05, 3.63) is 85.5 Å². The summed E-state index contributed by atoms with van der Waals surface area (Å²) >= 11 is 0. The lowest BCUT2D eigenvalue weighted by Crippen LogP contribution is -1.85. The maximum Gasteiger partial charge on any atom is 0.142 e. The van der Waals surface area contributed by atoms with Crippen molar-refractivity contribution in [2.45, 2.75) is 0 Å². The van der Waals surface area contributed by atoms with Crippen molar-refractivity contribution >= 4 is 32.8 Å². The summed E-state index contributed by atoms with van der Waals surface area (Å²) in [4.78, 5) is 3.28. The minimum atomic E-state index is 0.893. The van der Waals surface area contributed by atoms with Gasteiger partial charge in [-0.3, -0.25) is 0 Å². The smallest absolute Gasteiger partial charge is 0.142 e. The van der Waals surface area contributed by atoms with Crippen molar-refractivity contribution in [3.8, 4) is 22.3 Å². The Kier molecular flexibility index (Phi) is 2.88. The molecule has 0 aliphatic rings. The molecule has 3 nitrogen and oxygen atoms in total. The monoisotopic (exact) mass is 349 g/mol. The number of hydrogen-bond acceptors (Lipinski definition) is 2. The Morgan fingerprint density at radius 3 is 2.30 bits per heavy atom. The molecule has 27 heavy (non-hydrogen) atoms. The Morgan fingerprint density at radius 1 is 0.556 bits per heavy atom. The maximum atomic E-state index is 5.94. The highest BCUT2D eigenvalue weighted by Crippen LogP contribution is 2.40. The highest BCUT2D eigenvalue weighted by atomic mass is 16.3. The Hall–Kier alpha value is -3.72. The van der Waals surface area contributed by atoms with E-state index in [-0.39, 0.29) is 0 Å². The van der Waals surface area contributed by atoms with Crippen LogP contribution in [0, 0.1) is 0 Å². The molecule has 0 atom stereocenters. The van der Waals surface area contributed by atoms with Crippen molar-refractivity contribution in [2.75, 3.05) is 0 Å². The molecule has 6 aromatic rings. The topological polar surface area (TPSA) is 42.1 Å². The van der Waals surface area contributed by atoms with Crippen molar-refractivity contribution < 1.29 is 8.83 Å². The third kappa shape index (κ3) is 2.02. The van der Waals surface area contributed by atoms with Gasteiger partial charge in [-0.05, 0) is 41.5 Å². The van der Waals surface area contributed by atoms with E-state index in [1.807, 2.05) is 18.3 Å². The van der Waals surface area contributed by atoms with Crippen LogP contribution in [0.4, 0.5) is 0 Å². The minimum Gasteiger partial charge on any atom is -0.464 e. The molecular weight excluding hydrogens is 334 g/mol. The predicted molar refractivity (Wildman–Crippen MR) is 109 cm³/mol. The predicted octanol–water partition coefficient (Wildman–Crippen LogP) is 6.99. The molecule has 0 spiro atoms. The molecule has 128 valence electrons. The van der Waals surface area contributed by atoms with Crippen molar-refractivity contribution in [3.63, 3.8) is 0 Å². The van der Waals surface area contributed by atoms with Crippen molar-refractivity contribution in [1.29, 1.82) is 0 Å². The van der Waals surface area contributed by atoms with E-state index in [2.05, 4.69) is 59.6 Å². The lowest BCUT2D eigenvalue weighted by atomic mass is 9.94. The average molecular weight is 349 g/mol. The zero-order valence-electron chi connectivity index (χ0n) is 14.4. The Bertz CT molecular complexity index is 1320. The number of rotatable bonds is 2. The first kappa shape index (κ1) is 14.4. The molecule has 3 heterocycles. The number of aromatic amines is 1. The van der Waals surface area contributed by atoms with E-state index < -0.39 is 0 Å². The summed E-state index contributed by atoms with van der Waals surface area (Å²) in [7, 11) is 0. The standard InChI is InChI=1S/C24H15NO2/c1-3-15-10-13-26-23(15)19(5-1)17-7-8-20(24-21(17)11-14-27-24)16-4-2-6-22-18(16)9-12-25-22/h1-14,25H. The molecule has 0 saturated carbocycles. The second-order valence-electron chi connectivity index (χ2n) is 6.71. The summed E-state index contributed by atoms with van der Waals surface area (Å²) in [6.07, 6.45) is 5.47. The molecule has 1 N–H and O–H groups in total. The number of para-hydroxylation sites is 1. The van der Waals surface area contributed by atoms with Crippen LogP contribution in [0.25, 0.3) is 55.1 Å². The van der Waals surface area contributed by atoms with Gasteiger partial charge in [0.1, 0.15) is 11.2 Å². The highest BCUT2D eigenvalue weighted by Gasteiger charge is 2.16. The van der Waals surface area contributed by atoms with E-state index in [0.29, 0.717) is 0 Å². The fourth-order valence-electron chi connectivity index (χ4n) is 4.03. The SMILES string of the molecule is c1cc(-c2ccc(-c3cccc4[nH]ccc34)c3occc23)c2occc2c1. The van der Waals surface area contributed by atoms with Crippen LogP contribution in [0.1, 0.15) is 0 Å². The zero-order valence-corrected chi connectivity index (χ0v) is 14.4. The molecule has 0 bridgehead atoms. The Labute approximate surface area is 154 Å². The van der Waals surface area contributed by atoms with Gasteiger partial charge in [0.2, 0.25) is 0 Å². The molecule has 0 aliphatic heterocycles. The zero-order chi connectivity index (χ0) is 17.8. The molecule has 3 heteroatoms. The molecule has 0 saturated heterocycles. The quantitative estimate of drug-likeness (QED) is 0.366. The molecule has 3 aromatic heterocycles. The van der Waals surface area contributed by atoms with Crippen molar-refractivity contribution in [2.24, 2.45) is 0 Å². The summed E-state index contributed by atoms with van der Waals surface area (Å²) < 4.78 is 11.7. The van der Waals surface area contributed by atoms with E-state index in [4.69, 9.17) is 8.83 Å². The first-order valence-corrected chi connectivity index (χ1v) is 8.93. The second kappa shape index (κ2) is 5.39. The maximum absolute atomic E-state index is 5.94. The van der Waals surface area contributed by atoms with Crippen LogP contribution in [-0.4, -0.2) is 4.98 Å². The number of hydrogen-bond donors (Lipinski definition) is 1. The third-order valence-corrected chi connectivity index (χ3v) is 5.27. The number of furan rings is 2. The molecule has 0 unspecified atom stereocenters. The van der Waals surface area contributed by atoms with Gasteiger partial charge in [-0.15, -0.1) is 0 Å². The summed E-state index contributed by atoms with van der Waals surface area (Å²) in [5.41, 5.74) is 7.37. The van der Waals surface area contributed by atoms with Gasteiger partial charge >= 0.3 is 0 Å². The first-order valence-electron chi connectivity index (χ1n) is 8.93. The minimum absolute atomic E-state index is 0.893. The van der Waals surface area contributed by atoms with Gasteiger partial charge in [0.05, 0.1) is 12.5 Å². The van der Waals surface area contributed by atoms with E-state index in [9.17, 15) is 0 Å². The number of benzene rings is 3. The fourth-order valence-corrected chi connectivity index (χ4v) is 4.03. The van der Waals surface area contributed by atoms with Gasteiger partial charge in [-0.25, -0.2) is 0 Å². The van der Waals surface area contributed by atoms with E-state index in [1.54, 1.807) is 12.5 Å². The molecule has 6 rings (SSSR count). The van der Waals surface area contributed by atoms with E-state index in [1.165, 1.54) is 5.39 Å². The van der Waals surface area contributed by atoms with Crippen LogP contribution in [0.3, 0.4) is 0 Å². The summed E-state index contributed by atoms with van der Waals surface area (Å²) in [6.45, 7) is 0. The van der Waals surface area contributed by atoms with Crippen LogP contribution < -0.4 is 0 Å². The van der Waals surface area contributed by atoms with Gasteiger partial charge in [-0.2, -0.15) is 0 Å². The highest BCUT2D eigenvalue weighted by molar-refractivity contribution is 6.09. The van der Waals surface area contributed by atoms with Crippen molar-refractivity contribution in [1.82, 2.24) is 4.98 Å². The molecule has 3 aromatic carbocycles. The normalized spacial score (nSPS) is 11.7. The number of fused-ring (bicyclic) bond motifs is 3. The lowest BCUT2D eigenvalue weighted by Gasteiger charge is -2.09. The molecule has 0 amide bonds. The van der Waals surface area contributed by atoms with Gasteiger partial charge in [0.25, 0.3) is 0 Å². The van der Waals surface area contributed by atoms with Crippen LogP contribution in [0.15, 0.2) is 94.3 Å². The Morgan fingerprint density at radius 2 is 1.30 bits per heavy atom. The van der Waals surface area contributed by atoms with Crippen LogP contribution >= 0.6 is 0 Å². The summed E-state index contributed by atoms with van der Waals surface area (Å²) in [6, 6.07) is 23.0. The summed E-state index contributed by atoms with van der Waals surface area (Å²) in [5.74, 6) is 0. The second-order valence-corrected chi connectivity index (χ2v) is 6.71. The molecular formula is C24H15NO2. The number of H-pyrrole nitrogens is 1. The van der Waals surface area contributed by atoms with E-state index in [0.717, 1.165) is 49.7 Å². The third-order valence-electron chi connectivity index (χ3n) is 5.27. The Balaban J connectivity index is 1.66. The number of aromatic nitrogens is 1. The molecule has 0 fully saturated rings.